The molecule has 0 bridgehead atoms. The zero-order valence-electron chi connectivity index (χ0n) is 15.5. The summed E-state index contributed by atoms with van der Waals surface area (Å²) in [7, 11) is -3.05. The van der Waals surface area contributed by atoms with Crippen molar-refractivity contribution in [2.75, 3.05) is 18.1 Å². The molecule has 0 spiro atoms. The number of para-hydroxylation sites is 1. The van der Waals surface area contributed by atoms with Crippen LogP contribution in [0.1, 0.15) is 54.7 Å². The fourth-order valence-electron chi connectivity index (χ4n) is 3.76. The first kappa shape index (κ1) is 18.2. The van der Waals surface area contributed by atoms with Crippen molar-refractivity contribution in [2.45, 2.75) is 44.6 Å². The molecular weight excluding hydrogens is 362 g/mol. The van der Waals surface area contributed by atoms with Gasteiger partial charge in [0, 0.05) is 18.5 Å². The van der Waals surface area contributed by atoms with Crippen LogP contribution in [0.3, 0.4) is 0 Å². The largest absolute Gasteiger partial charge is 0.333 e. The number of sulfone groups is 1. The lowest BCUT2D eigenvalue weighted by Gasteiger charge is -2.28. The van der Waals surface area contributed by atoms with Gasteiger partial charge in [0.1, 0.15) is 5.69 Å². The summed E-state index contributed by atoms with van der Waals surface area (Å²) < 4.78 is 25.6. The third-order valence-electron chi connectivity index (χ3n) is 5.32. The maximum atomic E-state index is 13.5. The molecule has 144 valence electrons. The lowest BCUT2D eigenvalue weighted by Crippen LogP contribution is -2.42. The van der Waals surface area contributed by atoms with Gasteiger partial charge < -0.3 is 4.90 Å². The number of hydrogen-bond acceptors (Lipinski definition) is 4. The Labute approximate surface area is 160 Å². The van der Waals surface area contributed by atoms with Crippen LogP contribution in [0.4, 0.5) is 0 Å². The van der Waals surface area contributed by atoms with Crippen LogP contribution in [0.25, 0.3) is 5.69 Å². The van der Waals surface area contributed by atoms with E-state index in [1.807, 2.05) is 43.3 Å². The summed E-state index contributed by atoms with van der Waals surface area (Å²) in [6.07, 6.45) is 3.53. The summed E-state index contributed by atoms with van der Waals surface area (Å²) in [4.78, 5) is 15.2. The van der Waals surface area contributed by atoms with E-state index in [-0.39, 0.29) is 23.5 Å². The summed E-state index contributed by atoms with van der Waals surface area (Å²) in [5.74, 6) is 0.541. The Morgan fingerprint density at radius 1 is 1.22 bits per heavy atom. The molecule has 2 fully saturated rings. The second-order valence-electron chi connectivity index (χ2n) is 7.53. The van der Waals surface area contributed by atoms with Crippen molar-refractivity contribution < 1.29 is 13.2 Å². The molecule has 2 heterocycles. The van der Waals surface area contributed by atoms with Gasteiger partial charge >= 0.3 is 0 Å². The summed E-state index contributed by atoms with van der Waals surface area (Å²) in [6.45, 7) is 2.56. The molecule has 4 rings (SSSR count). The Bertz CT molecular complexity index is 933. The molecule has 27 heavy (non-hydrogen) atoms. The Balaban J connectivity index is 1.71. The molecule has 0 radical (unpaired) electrons. The van der Waals surface area contributed by atoms with Gasteiger partial charge in [-0.1, -0.05) is 25.1 Å². The van der Waals surface area contributed by atoms with Crippen LogP contribution in [0.15, 0.2) is 36.4 Å². The lowest BCUT2D eigenvalue weighted by atomic mass is 10.1. The van der Waals surface area contributed by atoms with Crippen LogP contribution >= 0.6 is 0 Å². The predicted octanol–water partition coefficient (Wildman–Crippen LogP) is 2.79. The molecule has 1 saturated heterocycles. The van der Waals surface area contributed by atoms with Crippen molar-refractivity contribution in [3.63, 3.8) is 0 Å². The molecule has 2 aromatic rings. The second-order valence-corrected chi connectivity index (χ2v) is 9.76. The van der Waals surface area contributed by atoms with E-state index in [0.29, 0.717) is 24.6 Å². The van der Waals surface area contributed by atoms with Gasteiger partial charge in [0.15, 0.2) is 9.84 Å². The number of benzene rings is 1. The maximum Gasteiger partial charge on any atom is 0.272 e. The second kappa shape index (κ2) is 7.11. The van der Waals surface area contributed by atoms with Crippen LogP contribution in [0.2, 0.25) is 0 Å². The first-order valence-electron chi connectivity index (χ1n) is 9.65. The molecule has 1 saturated carbocycles. The average molecular weight is 388 g/mol. The highest BCUT2D eigenvalue weighted by Gasteiger charge is 2.36. The van der Waals surface area contributed by atoms with Crippen LogP contribution in [-0.4, -0.2) is 53.1 Å². The highest BCUT2D eigenvalue weighted by Crippen LogP contribution is 2.40. The Kier molecular flexibility index (Phi) is 4.80. The monoisotopic (exact) mass is 387 g/mol. The zero-order valence-corrected chi connectivity index (χ0v) is 16.4. The van der Waals surface area contributed by atoms with E-state index in [1.165, 1.54) is 0 Å². The molecule has 7 heteroatoms. The number of carbonyl (C=O) groups is 1. The van der Waals surface area contributed by atoms with E-state index in [2.05, 4.69) is 0 Å². The van der Waals surface area contributed by atoms with Crippen molar-refractivity contribution in [1.82, 2.24) is 14.7 Å². The van der Waals surface area contributed by atoms with Gasteiger partial charge in [-0.3, -0.25) is 4.79 Å². The first-order valence-corrected chi connectivity index (χ1v) is 11.5. The average Bonchev–Trinajstić information content (AvgIpc) is 3.31. The molecule has 1 unspecified atom stereocenters. The summed E-state index contributed by atoms with van der Waals surface area (Å²) >= 11 is 0. The molecule has 2 aliphatic rings. The molecule has 1 atom stereocenters. The number of rotatable bonds is 6. The third kappa shape index (κ3) is 3.78. The molecule has 0 N–H and O–H groups in total. The van der Waals surface area contributed by atoms with E-state index in [1.54, 1.807) is 9.58 Å². The molecule has 1 aliphatic carbocycles. The molecule has 1 aromatic carbocycles. The SMILES string of the molecule is CCCN(C(=O)c1cc(C2CC2)nn1-c1ccccc1)C1CCS(=O)(=O)C1. The van der Waals surface area contributed by atoms with Crippen LogP contribution in [0, 0.1) is 0 Å². The number of amides is 1. The van der Waals surface area contributed by atoms with Gasteiger partial charge in [0.2, 0.25) is 0 Å². The number of carbonyl (C=O) groups excluding carboxylic acids is 1. The summed E-state index contributed by atoms with van der Waals surface area (Å²) in [6, 6.07) is 11.3. The topological polar surface area (TPSA) is 72.3 Å². The van der Waals surface area contributed by atoms with Gasteiger partial charge in [0.25, 0.3) is 5.91 Å². The minimum Gasteiger partial charge on any atom is -0.333 e. The predicted molar refractivity (Wildman–Crippen MR) is 104 cm³/mol. The van der Waals surface area contributed by atoms with Gasteiger partial charge in [-0.15, -0.1) is 0 Å². The van der Waals surface area contributed by atoms with Crippen molar-refractivity contribution in [3.8, 4) is 5.69 Å². The van der Waals surface area contributed by atoms with Crippen LogP contribution in [0.5, 0.6) is 0 Å². The highest BCUT2D eigenvalue weighted by atomic mass is 32.2. The highest BCUT2D eigenvalue weighted by molar-refractivity contribution is 7.91. The lowest BCUT2D eigenvalue weighted by molar-refractivity contribution is 0.0687. The zero-order chi connectivity index (χ0) is 19.0. The van der Waals surface area contributed by atoms with Gasteiger partial charge in [-0.05, 0) is 43.9 Å². The number of hydrogen-bond donors (Lipinski definition) is 0. The fraction of sp³-hybridized carbons (Fsp3) is 0.500. The Hall–Kier alpha value is -2.15. The third-order valence-corrected chi connectivity index (χ3v) is 7.07. The Morgan fingerprint density at radius 2 is 1.96 bits per heavy atom. The van der Waals surface area contributed by atoms with Crippen LogP contribution < -0.4 is 0 Å². The van der Waals surface area contributed by atoms with E-state index in [4.69, 9.17) is 5.10 Å². The van der Waals surface area contributed by atoms with E-state index < -0.39 is 9.84 Å². The summed E-state index contributed by atoms with van der Waals surface area (Å²) in [5.41, 5.74) is 2.33. The van der Waals surface area contributed by atoms with Gasteiger partial charge in [-0.25, -0.2) is 13.1 Å². The van der Waals surface area contributed by atoms with Crippen LogP contribution in [-0.2, 0) is 9.84 Å². The van der Waals surface area contributed by atoms with Crippen molar-refractivity contribution in [1.29, 1.82) is 0 Å². The van der Waals surface area contributed by atoms with Gasteiger partial charge in [-0.2, -0.15) is 5.10 Å². The normalized spacial score (nSPS) is 21.3. The van der Waals surface area contributed by atoms with Gasteiger partial charge in [0.05, 0.1) is 22.9 Å². The summed E-state index contributed by atoms with van der Waals surface area (Å²) in [5, 5.41) is 4.71. The molecule has 1 aromatic heterocycles. The van der Waals surface area contributed by atoms with Crippen molar-refractivity contribution >= 4 is 15.7 Å². The number of nitrogens with zero attached hydrogens (tertiary/aromatic N) is 3. The van der Waals surface area contributed by atoms with Crippen molar-refractivity contribution in [3.05, 3.63) is 47.8 Å². The first-order chi connectivity index (χ1) is 13.0. The van der Waals surface area contributed by atoms with E-state index in [0.717, 1.165) is 30.6 Å². The minimum absolute atomic E-state index is 0.0632. The minimum atomic E-state index is -3.05. The molecule has 1 aliphatic heterocycles. The Morgan fingerprint density at radius 3 is 2.56 bits per heavy atom. The fourth-order valence-corrected chi connectivity index (χ4v) is 5.49. The molecular formula is C20H25N3O3S. The smallest absolute Gasteiger partial charge is 0.272 e. The quantitative estimate of drug-likeness (QED) is 0.764. The maximum absolute atomic E-state index is 13.5. The molecule has 6 nitrogen and oxygen atoms in total. The number of aromatic nitrogens is 2. The van der Waals surface area contributed by atoms with E-state index >= 15 is 0 Å². The standard InChI is InChI=1S/C20H25N3O3S/c1-2-11-22(17-10-12-27(25,26)14-17)20(24)19-13-18(15-8-9-15)21-23(19)16-6-4-3-5-7-16/h3-7,13,15,17H,2,8-12,14H2,1H3. The van der Waals surface area contributed by atoms with Crippen molar-refractivity contribution in [2.24, 2.45) is 0 Å². The molecule has 1 amide bonds. The van der Waals surface area contributed by atoms with E-state index in [9.17, 15) is 13.2 Å².